The highest BCUT2D eigenvalue weighted by Crippen LogP contribution is 2.25. The van der Waals surface area contributed by atoms with Gasteiger partial charge in [-0.3, -0.25) is 19.5 Å². The zero-order valence-electron chi connectivity index (χ0n) is 21.2. The molecule has 1 N–H and O–H groups in total. The zero-order chi connectivity index (χ0) is 25.3. The first-order valence-corrected chi connectivity index (χ1v) is 12.8. The summed E-state index contributed by atoms with van der Waals surface area (Å²) in [5.41, 5.74) is 3.11. The van der Waals surface area contributed by atoms with Gasteiger partial charge in [0.25, 0.3) is 0 Å². The van der Waals surface area contributed by atoms with Crippen LogP contribution in [-0.2, 0) is 16.0 Å². The van der Waals surface area contributed by atoms with Gasteiger partial charge in [0.05, 0.1) is 5.92 Å². The van der Waals surface area contributed by atoms with E-state index in [4.69, 9.17) is 0 Å². The predicted molar refractivity (Wildman–Crippen MR) is 142 cm³/mol. The summed E-state index contributed by atoms with van der Waals surface area (Å²) in [5.74, 6) is -0.618. The normalized spacial score (nSPS) is 15.2. The minimum Gasteiger partial charge on any atom is -0.343 e. The molecule has 6 heteroatoms. The Morgan fingerprint density at radius 2 is 1.39 bits per heavy atom. The molecule has 1 atom stereocenters. The first kappa shape index (κ1) is 25.6. The molecule has 4 rings (SSSR count). The first-order chi connectivity index (χ1) is 17.5. The average Bonchev–Trinajstić information content (AvgIpc) is 2.92. The lowest BCUT2D eigenvalue weighted by Gasteiger charge is -2.37. The largest absolute Gasteiger partial charge is 0.343 e. The standard InChI is InChI=1S/C30H36N4O2/c1-23(2)28(30(36)34-21-19-33(20-22-34)18-15-24-13-16-31-17-14-24)32-29(35)27(25-9-5-3-6-10-25)26-11-7-4-8-12-26/h3-14,16-17,23,27-28H,15,18-22H2,1-2H3,(H,32,35). The van der Waals surface area contributed by atoms with Crippen molar-refractivity contribution < 1.29 is 9.59 Å². The highest BCUT2D eigenvalue weighted by atomic mass is 16.2. The Kier molecular flexibility index (Phi) is 8.85. The van der Waals surface area contributed by atoms with Crippen LogP contribution in [-0.4, -0.2) is 65.4 Å². The third-order valence-electron chi connectivity index (χ3n) is 6.91. The van der Waals surface area contributed by atoms with Crippen molar-refractivity contribution in [3.05, 3.63) is 102 Å². The van der Waals surface area contributed by atoms with Crippen LogP contribution in [0.2, 0.25) is 0 Å². The van der Waals surface area contributed by atoms with Crippen LogP contribution < -0.4 is 5.32 Å². The van der Waals surface area contributed by atoms with E-state index in [1.807, 2.05) is 104 Å². The van der Waals surface area contributed by atoms with Gasteiger partial charge in [-0.05, 0) is 41.2 Å². The number of aromatic nitrogens is 1. The summed E-state index contributed by atoms with van der Waals surface area (Å²) < 4.78 is 0. The molecule has 6 nitrogen and oxygen atoms in total. The number of pyridine rings is 1. The minimum atomic E-state index is -0.559. The lowest BCUT2D eigenvalue weighted by Crippen LogP contribution is -2.57. The average molecular weight is 485 g/mol. The third-order valence-corrected chi connectivity index (χ3v) is 6.91. The summed E-state index contributed by atoms with van der Waals surface area (Å²) >= 11 is 0. The third kappa shape index (κ3) is 6.58. The van der Waals surface area contributed by atoms with Crippen molar-refractivity contribution >= 4 is 11.8 Å². The number of amides is 2. The van der Waals surface area contributed by atoms with E-state index in [0.29, 0.717) is 13.1 Å². The minimum absolute atomic E-state index is 0.00649. The summed E-state index contributed by atoms with van der Waals surface area (Å²) in [4.78, 5) is 35.6. The monoisotopic (exact) mass is 484 g/mol. The van der Waals surface area contributed by atoms with Gasteiger partial charge in [0.15, 0.2) is 0 Å². The van der Waals surface area contributed by atoms with E-state index >= 15 is 0 Å². The number of benzene rings is 2. The molecule has 1 unspecified atom stereocenters. The molecular formula is C30H36N4O2. The molecular weight excluding hydrogens is 448 g/mol. The van der Waals surface area contributed by atoms with E-state index in [1.165, 1.54) is 5.56 Å². The van der Waals surface area contributed by atoms with Gasteiger partial charge in [0.2, 0.25) is 11.8 Å². The number of rotatable bonds is 9. The van der Waals surface area contributed by atoms with E-state index in [2.05, 4.69) is 15.2 Å². The Morgan fingerprint density at radius 1 is 0.833 bits per heavy atom. The number of carbonyl (C=O) groups excluding carboxylic acids is 2. The van der Waals surface area contributed by atoms with Crippen LogP contribution >= 0.6 is 0 Å². The highest BCUT2D eigenvalue weighted by molar-refractivity contribution is 5.92. The Morgan fingerprint density at radius 3 is 1.92 bits per heavy atom. The molecule has 1 fully saturated rings. The van der Waals surface area contributed by atoms with Crippen LogP contribution in [0.25, 0.3) is 0 Å². The number of nitrogens with zero attached hydrogens (tertiary/aromatic N) is 3. The molecule has 0 saturated carbocycles. The SMILES string of the molecule is CC(C)C(NC(=O)C(c1ccccc1)c1ccccc1)C(=O)N1CCN(CCc2ccncc2)CC1. The molecule has 2 aromatic carbocycles. The second-order valence-electron chi connectivity index (χ2n) is 9.76. The smallest absolute Gasteiger partial charge is 0.245 e. The van der Waals surface area contributed by atoms with Gasteiger partial charge in [0, 0.05) is 45.1 Å². The van der Waals surface area contributed by atoms with Gasteiger partial charge in [-0.1, -0.05) is 74.5 Å². The fourth-order valence-electron chi connectivity index (χ4n) is 4.76. The summed E-state index contributed by atoms with van der Waals surface area (Å²) in [5, 5.41) is 3.12. The highest BCUT2D eigenvalue weighted by Gasteiger charge is 2.33. The summed E-state index contributed by atoms with van der Waals surface area (Å²) in [6.07, 6.45) is 4.63. The lowest BCUT2D eigenvalue weighted by atomic mass is 9.89. The molecule has 0 radical (unpaired) electrons. The van der Waals surface area contributed by atoms with Gasteiger partial charge in [-0.25, -0.2) is 0 Å². The molecule has 1 saturated heterocycles. The van der Waals surface area contributed by atoms with E-state index < -0.39 is 12.0 Å². The number of piperazine rings is 1. The van der Waals surface area contributed by atoms with E-state index in [0.717, 1.165) is 37.2 Å². The fourth-order valence-corrected chi connectivity index (χ4v) is 4.76. The van der Waals surface area contributed by atoms with Crippen molar-refractivity contribution in [3.8, 4) is 0 Å². The van der Waals surface area contributed by atoms with Crippen LogP contribution in [0.1, 0.15) is 36.5 Å². The Bertz CT molecular complexity index is 1060. The van der Waals surface area contributed by atoms with Crippen molar-refractivity contribution in [2.45, 2.75) is 32.2 Å². The maximum absolute atomic E-state index is 13.6. The van der Waals surface area contributed by atoms with Crippen molar-refractivity contribution in [1.29, 1.82) is 0 Å². The molecule has 188 valence electrons. The van der Waals surface area contributed by atoms with Crippen LogP contribution in [0.4, 0.5) is 0 Å². The molecule has 1 aliphatic heterocycles. The maximum Gasteiger partial charge on any atom is 0.245 e. The van der Waals surface area contributed by atoms with E-state index in [9.17, 15) is 9.59 Å². The van der Waals surface area contributed by atoms with E-state index in [1.54, 1.807) is 0 Å². The Hall–Kier alpha value is -3.51. The van der Waals surface area contributed by atoms with Crippen molar-refractivity contribution in [3.63, 3.8) is 0 Å². The number of nitrogens with one attached hydrogen (secondary N) is 1. The summed E-state index contributed by atoms with van der Waals surface area (Å²) in [6, 6.07) is 23.1. The maximum atomic E-state index is 13.6. The molecule has 3 aromatic rings. The van der Waals surface area contributed by atoms with E-state index in [-0.39, 0.29) is 17.7 Å². The summed E-state index contributed by atoms with van der Waals surface area (Å²) in [6.45, 7) is 7.98. The predicted octanol–water partition coefficient (Wildman–Crippen LogP) is 3.74. The molecule has 0 aliphatic carbocycles. The fraction of sp³-hybridized carbons (Fsp3) is 0.367. The molecule has 1 aromatic heterocycles. The number of hydrogen-bond acceptors (Lipinski definition) is 4. The summed E-state index contributed by atoms with van der Waals surface area (Å²) in [7, 11) is 0. The lowest BCUT2D eigenvalue weighted by molar-refractivity contribution is -0.139. The molecule has 0 bridgehead atoms. The second-order valence-corrected chi connectivity index (χ2v) is 9.76. The number of hydrogen-bond donors (Lipinski definition) is 1. The Balaban J connectivity index is 1.39. The zero-order valence-corrected chi connectivity index (χ0v) is 21.2. The first-order valence-electron chi connectivity index (χ1n) is 12.8. The number of carbonyl (C=O) groups is 2. The van der Waals surface area contributed by atoms with Crippen LogP contribution in [0, 0.1) is 5.92 Å². The van der Waals surface area contributed by atoms with Crippen molar-refractivity contribution in [2.24, 2.45) is 5.92 Å². The van der Waals surface area contributed by atoms with Crippen LogP contribution in [0.15, 0.2) is 85.2 Å². The van der Waals surface area contributed by atoms with Crippen molar-refractivity contribution in [1.82, 2.24) is 20.1 Å². The van der Waals surface area contributed by atoms with Crippen LogP contribution in [0.5, 0.6) is 0 Å². The molecule has 2 heterocycles. The second kappa shape index (κ2) is 12.5. The Labute approximate surface area is 214 Å². The van der Waals surface area contributed by atoms with Crippen LogP contribution in [0.3, 0.4) is 0 Å². The molecule has 36 heavy (non-hydrogen) atoms. The molecule has 1 aliphatic rings. The van der Waals surface area contributed by atoms with Gasteiger partial charge >= 0.3 is 0 Å². The molecule has 0 spiro atoms. The van der Waals surface area contributed by atoms with Gasteiger partial charge in [0.1, 0.15) is 6.04 Å². The quantitative estimate of drug-likeness (QED) is 0.503. The van der Waals surface area contributed by atoms with Gasteiger partial charge < -0.3 is 10.2 Å². The molecule has 2 amide bonds. The van der Waals surface area contributed by atoms with Gasteiger partial charge in [-0.2, -0.15) is 0 Å². The van der Waals surface area contributed by atoms with Gasteiger partial charge in [-0.15, -0.1) is 0 Å². The topological polar surface area (TPSA) is 65.5 Å². The van der Waals surface area contributed by atoms with Crippen molar-refractivity contribution in [2.75, 3.05) is 32.7 Å².